The van der Waals surface area contributed by atoms with E-state index in [2.05, 4.69) is 15.5 Å². The Morgan fingerprint density at radius 2 is 1.69 bits per heavy atom. The van der Waals surface area contributed by atoms with Crippen LogP contribution in [-0.4, -0.2) is 38.4 Å². The number of ether oxygens (including phenoxy) is 3. The first-order valence-corrected chi connectivity index (χ1v) is 7.87. The first kappa shape index (κ1) is 17.3. The Kier molecular flexibility index (Phi) is 5.07. The molecule has 7 heteroatoms. The summed E-state index contributed by atoms with van der Waals surface area (Å²) in [5, 5.41) is 4.82. The predicted octanol–water partition coefficient (Wildman–Crippen LogP) is 2.96. The molecule has 0 spiro atoms. The number of benzene rings is 2. The number of nitrogens with zero attached hydrogens (tertiary/aromatic N) is 1. The molecule has 0 radical (unpaired) electrons. The second-order valence-electron chi connectivity index (χ2n) is 5.42. The van der Waals surface area contributed by atoms with Gasteiger partial charge in [0.05, 0.1) is 27.5 Å². The zero-order chi connectivity index (χ0) is 18.5. The number of hydrazone groups is 1. The summed E-state index contributed by atoms with van der Waals surface area (Å²) in [4.78, 5) is 15.4. The van der Waals surface area contributed by atoms with Crippen LogP contribution in [0.1, 0.15) is 16.1 Å². The summed E-state index contributed by atoms with van der Waals surface area (Å²) in [5.74, 6) is 1.50. The van der Waals surface area contributed by atoms with E-state index in [1.165, 1.54) is 6.21 Å². The number of H-pyrrole nitrogens is 1. The fourth-order valence-electron chi connectivity index (χ4n) is 2.58. The fourth-order valence-corrected chi connectivity index (χ4v) is 2.58. The number of carbonyl (C=O) groups excluding carboxylic acids is 1. The minimum absolute atomic E-state index is 0.356. The Labute approximate surface area is 150 Å². The average molecular weight is 353 g/mol. The quantitative estimate of drug-likeness (QED) is 0.527. The van der Waals surface area contributed by atoms with E-state index in [0.29, 0.717) is 22.9 Å². The minimum Gasteiger partial charge on any atom is -0.496 e. The van der Waals surface area contributed by atoms with Crippen molar-refractivity contribution in [1.82, 2.24) is 10.4 Å². The summed E-state index contributed by atoms with van der Waals surface area (Å²) in [5.41, 5.74) is 4.41. The molecule has 1 amide bonds. The highest BCUT2D eigenvalue weighted by atomic mass is 16.5. The van der Waals surface area contributed by atoms with Crippen molar-refractivity contribution < 1.29 is 19.0 Å². The number of hydrogen-bond acceptors (Lipinski definition) is 5. The number of aromatic amines is 1. The van der Waals surface area contributed by atoms with E-state index < -0.39 is 0 Å². The summed E-state index contributed by atoms with van der Waals surface area (Å²) in [6, 6.07) is 12.7. The Morgan fingerprint density at radius 3 is 2.42 bits per heavy atom. The third-order valence-electron chi connectivity index (χ3n) is 3.88. The standard InChI is InChI=1S/C19H19N3O4/c1-24-16-7-5-4-6-12(16)11-20-22-19(23)15-8-13-9-17(25-2)18(26-3)10-14(13)21-15/h4-11,21H,1-3H3,(H,22,23)/b20-11+. The summed E-state index contributed by atoms with van der Waals surface area (Å²) >= 11 is 0. The number of rotatable bonds is 6. The van der Waals surface area contributed by atoms with E-state index in [0.717, 1.165) is 16.5 Å². The van der Waals surface area contributed by atoms with Crippen LogP contribution in [0.3, 0.4) is 0 Å². The molecule has 7 nitrogen and oxygen atoms in total. The van der Waals surface area contributed by atoms with Crippen LogP contribution >= 0.6 is 0 Å². The van der Waals surface area contributed by atoms with Crippen LogP contribution in [0.4, 0.5) is 0 Å². The van der Waals surface area contributed by atoms with Crippen LogP contribution in [0.15, 0.2) is 47.6 Å². The number of methoxy groups -OCH3 is 3. The largest absolute Gasteiger partial charge is 0.496 e. The number of para-hydroxylation sites is 1. The van der Waals surface area contributed by atoms with Gasteiger partial charge in [-0.15, -0.1) is 0 Å². The van der Waals surface area contributed by atoms with Gasteiger partial charge in [-0.25, -0.2) is 5.43 Å². The normalized spacial score (nSPS) is 10.9. The topological polar surface area (TPSA) is 84.9 Å². The monoisotopic (exact) mass is 353 g/mol. The van der Waals surface area contributed by atoms with Crippen LogP contribution in [0.25, 0.3) is 10.9 Å². The molecule has 0 saturated carbocycles. The van der Waals surface area contributed by atoms with Gasteiger partial charge in [-0.1, -0.05) is 12.1 Å². The van der Waals surface area contributed by atoms with E-state index in [9.17, 15) is 4.79 Å². The van der Waals surface area contributed by atoms with Gasteiger partial charge in [-0.2, -0.15) is 5.10 Å². The Bertz CT molecular complexity index is 922. The lowest BCUT2D eigenvalue weighted by Gasteiger charge is -2.06. The van der Waals surface area contributed by atoms with Crippen molar-refractivity contribution in [1.29, 1.82) is 0 Å². The summed E-state index contributed by atoms with van der Waals surface area (Å²) in [7, 11) is 4.71. The van der Waals surface area contributed by atoms with Crippen LogP contribution in [0, 0.1) is 0 Å². The summed E-state index contributed by atoms with van der Waals surface area (Å²) < 4.78 is 15.8. The van der Waals surface area contributed by atoms with Crippen LogP contribution in [0.2, 0.25) is 0 Å². The molecule has 0 bridgehead atoms. The summed E-state index contributed by atoms with van der Waals surface area (Å²) in [6.45, 7) is 0. The Hall–Kier alpha value is -3.48. The van der Waals surface area contributed by atoms with Gasteiger partial charge in [0, 0.05) is 22.5 Å². The highest BCUT2D eigenvalue weighted by molar-refractivity contribution is 5.99. The molecule has 0 aliphatic heterocycles. The van der Waals surface area contributed by atoms with E-state index in [-0.39, 0.29) is 5.91 Å². The lowest BCUT2D eigenvalue weighted by Crippen LogP contribution is -2.17. The second kappa shape index (κ2) is 7.60. The van der Waals surface area contributed by atoms with Gasteiger partial charge in [0.1, 0.15) is 11.4 Å². The van der Waals surface area contributed by atoms with E-state index in [1.807, 2.05) is 24.3 Å². The molecular weight excluding hydrogens is 334 g/mol. The molecule has 134 valence electrons. The van der Waals surface area contributed by atoms with Crippen molar-refractivity contribution in [3.05, 3.63) is 53.7 Å². The van der Waals surface area contributed by atoms with Crippen molar-refractivity contribution in [3.8, 4) is 17.2 Å². The molecule has 1 heterocycles. The molecule has 2 aromatic carbocycles. The first-order valence-electron chi connectivity index (χ1n) is 7.87. The van der Waals surface area contributed by atoms with Crippen LogP contribution < -0.4 is 19.6 Å². The maximum atomic E-state index is 12.3. The molecular formula is C19H19N3O4. The van der Waals surface area contributed by atoms with Gasteiger partial charge in [0.2, 0.25) is 0 Å². The number of amides is 1. The molecule has 0 aliphatic carbocycles. The maximum absolute atomic E-state index is 12.3. The molecule has 0 fully saturated rings. The third kappa shape index (κ3) is 3.46. The molecule has 0 atom stereocenters. The fraction of sp³-hybridized carbons (Fsp3) is 0.158. The highest BCUT2D eigenvalue weighted by Gasteiger charge is 2.12. The molecule has 3 aromatic rings. The van der Waals surface area contributed by atoms with Crippen LogP contribution in [-0.2, 0) is 0 Å². The number of carbonyl (C=O) groups is 1. The lowest BCUT2D eigenvalue weighted by molar-refractivity contribution is 0.0951. The smallest absolute Gasteiger partial charge is 0.287 e. The van der Waals surface area contributed by atoms with Gasteiger partial charge >= 0.3 is 0 Å². The van der Waals surface area contributed by atoms with Crippen molar-refractivity contribution >= 4 is 23.0 Å². The van der Waals surface area contributed by atoms with Gasteiger partial charge in [-0.3, -0.25) is 4.79 Å². The van der Waals surface area contributed by atoms with Gasteiger partial charge in [0.15, 0.2) is 11.5 Å². The third-order valence-corrected chi connectivity index (χ3v) is 3.88. The predicted molar refractivity (Wildman–Crippen MR) is 99.5 cm³/mol. The van der Waals surface area contributed by atoms with Crippen molar-refractivity contribution in [3.63, 3.8) is 0 Å². The zero-order valence-electron chi connectivity index (χ0n) is 14.7. The molecule has 0 saturated heterocycles. The van der Waals surface area contributed by atoms with Crippen molar-refractivity contribution in [2.75, 3.05) is 21.3 Å². The lowest BCUT2D eigenvalue weighted by atomic mass is 10.2. The van der Waals surface area contributed by atoms with E-state index in [4.69, 9.17) is 14.2 Å². The Balaban J connectivity index is 1.78. The van der Waals surface area contributed by atoms with Gasteiger partial charge in [0.25, 0.3) is 5.91 Å². The molecule has 1 aromatic heterocycles. The van der Waals surface area contributed by atoms with E-state index >= 15 is 0 Å². The van der Waals surface area contributed by atoms with Gasteiger partial charge in [-0.05, 0) is 24.3 Å². The zero-order valence-corrected chi connectivity index (χ0v) is 14.7. The van der Waals surface area contributed by atoms with Crippen molar-refractivity contribution in [2.24, 2.45) is 5.10 Å². The van der Waals surface area contributed by atoms with Crippen LogP contribution in [0.5, 0.6) is 17.2 Å². The molecule has 26 heavy (non-hydrogen) atoms. The number of hydrogen-bond donors (Lipinski definition) is 2. The van der Waals surface area contributed by atoms with Crippen molar-refractivity contribution in [2.45, 2.75) is 0 Å². The molecule has 0 aliphatic rings. The second-order valence-corrected chi connectivity index (χ2v) is 5.42. The van der Waals surface area contributed by atoms with Gasteiger partial charge < -0.3 is 19.2 Å². The first-order chi connectivity index (χ1) is 12.7. The highest BCUT2D eigenvalue weighted by Crippen LogP contribution is 2.32. The summed E-state index contributed by atoms with van der Waals surface area (Å²) in [6.07, 6.45) is 1.53. The van der Waals surface area contributed by atoms with E-state index in [1.54, 1.807) is 39.5 Å². The average Bonchev–Trinajstić information content (AvgIpc) is 3.10. The molecule has 0 unspecified atom stereocenters. The Morgan fingerprint density at radius 1 is 1.00 bits per heavy atom. The number of nitrogens with one attached hydrogen (secondary N) is 2. The number of fused-ring (bicyclic) bond motifs is 1. The maximum Gasteiger partial charge on any atom is 0.287 e. The number of aromatic nitrogens is 1. The SMILES string of the molecule is COc1ccccc1/C=N/NC(=O)c1cc2cc(OC)c(OC)cc2[nH]1. The molecule has 2 N–H and O–H groups in total. The molecule has 3 rings (SSSR count). The minimum atomic E-state index is -0.356.